The van der Waals surface area contributed by atoms with Gasteiger partial charge in [0, 0.05) is 25.6 Å². The van der Waals surface area contributed by atoms with Crippen LogP contribution in [0, 0.1) is 10.1 Å². The Balaban J connectivity index is 1.85. The van der Waals surface area contributed by atoms with Gasteiger partial charge in [-0.1, -0.05) is 38.1 Å². The molecular formula is C21H28N4O4. The van der Waals surface area contributed by atoms with Gasteiger partial charge in [0.15, 0.2) is 0 Å². The Bertz CT molecular complexity index is 809. The minimum absolute atomic E-state index is 0.0140. The molecule has 0 radical (unpaired) electrons. The molecular weight excluding hydrogens is 372 g/mol. The van der Waals surface area contributed by atoms with E-state index in [2.05, 4.69) is 29.4 Å². The third-order valence-corrected chi connectivity index (χ3v) is 4.49. The van der Waals surface area contributed by atoms with Crippen molar-refractivity contribution in [1.29, 1.82) is 0 Å². The van der Waals surface area contributed by atoms with Gasteiger partial charge in [-0.25, -0.2) is 0 Å². The van der Waals surface area contributed by atoms with E-state index in [1.165, 1.54) is 6.07 Å². The maximum absolute atomic E-state index is 12.3. The lowest BCUT2D eigenvalue weighted by Gasteiger charge is -2.19. The number of anilines is 2. The summed E-state index contributed by atoms with van der Waals surface area (Å²) in [7, 11) is 0. The van der Waals surface area contributed by atoms with E-state index < -0.39 is 4.92 Å². The number of hydrogen-bond acceptors (Lipinski definition) is 6. The maximum atomic E-state index is 12.3. The number of nitrogens with one attached hydrogen (secondary N) is 2. The molecule has 2 N–H and O–H groups in total. The second-order valence-electron chi connectivity index (χ2n) is 6.37. The number of carbonyl (C=O) groups is 1. The van der Waals surface area contributed by atoms with Crippen LogP contribution in [0.3, 0.4) is 0 Å². The average Bonchev–Trinajstić information content (AvgIpc) is 2.72. The number of benzene rings is 2. The van der Waals surface area contributed by atoms with Crippen LogP contribution in [-0.4, -0.2) is 48.5 Å². The van der Waals surface area contributed by atoms with E-state index >= 15 is 0 Å². The fourth-order valence-electron chi connectivity index (χ4n) is 2.83. The van der Waals surface area contributed by atoms with Gasteiger partial charge in [-0.3, -0.25) is 14.9 Å². The lowest BCUT2D eigenvalue weighted by Crippen LogP contribution is -2.28. The van der Waals surface area contributed by atoms with Crippen LogP contribution < -0.4 is 15.4 Å². The third kappa shape index (κ3) is 7.08. The van der Waals surface area contributed by atoms with E-state index in [-0.39, 0.29) is 24.6 Å². The van der Waals surface area contributed by atoms with Crippen LogP contribution in [0.15, 0.2) is 48.5 Å². The summed E-state index contributed by atoms with van der Waals surface area (Å²) in [6, 6.07) is 13.7. The van der Waals surface area contributed by atoms with Crippen LogP contribution in [0.1, 0.15) is 20.3 Å². The smallest absolute Gasteiger partial charge is 0.292 e. The van der Waals surface area contributed by atoms with Gasteiger partial charge < -0.3 is 20.3 Å². The molecule has 0 aliphatic rings. The zero-order valence-electron chi connectivity index (χ0n) is 16.9. The molecule has 8 nitrogen and oxygen atoms in total. The Morgan fingerprint density at radius 2 is 1.72 bits per heavy atom. The highest BCUT2D eigenvalue weighted by Gasteiger charge is 2.13. The first-order valence-corrected chi connectivity index (χ1v) is 9.76. The summed E-state index contributed by atoms with van der Waals surface area (Å²) in [5.74, 6) is 0.426. The topological polar surface area (TPSA) is 96.7 Å². The minimum atomic E-state index is -0.450. The van der Waals surface area contributed by atoms with Crippen LogP contribution in [-0.2, 0) is 4.79 Å². The highest BCUT2D eigenvalue weighted by Crippen LogP contribution is 2.25. The van der Waals surface area contributed by atoms with E-state index in [1.54, 1.807) is 24.3 Å². The number of likely N-dealkylation sites (N-methyl/N-ethyl adjacent to an activating group) is 1. The van der Waals surface area contributed by atoms with Crippen molar-refractivity contribution in [3.63, 3.8) is 0 Å². The van der Waals surface area contributed by atoms with Crippen molar-refractivity contribution < 1.29 is 14.5 Å². The van der Waals surface area contributed by atoms with Crippen molar-refractivity contribution in [2.75, 3.05) is 43.4 Å². The molecule has 0 aliphatic heterocycles. The van der Waals surface area contributed by atoms with Gasteiger partial charge in [0.1, 0.15) is 18.0 Å². The number of nitro groups is 1. The molecule has 8 heteroatoms. The molecule has 156 valence electrons. The van der Waals surface area contributed by atoms with Gasteiger partial charge >= 0.3 is 0 Å². The number of hydrogen-bond donors (Lipinski definition) is 2. The molecule has 0 aliphatic carbocycles. The molecule has 0 atom stereocenters. The van der Waals surface area contributed by atoms with Crippen molar-refractivity contribution in [2.24, 2.45) is 0 Å². The normalized spacial score (nSPS) is 10.6. The largest absolute Gasteiger partial charge is 0.490 e. The number of nitro benzene ring substituents is 1. The highest BCUT2D eigenvalue weighted by atomic mass is 16.6. The predicted octanol–water partition coefficient (Wildman–Crippen LogP) is 3.76. The zero-order valence-corrected chi connectivity index (χ0v) is 16.9. The summed E-state index contributed by atoms with van der Waals surface area (Å²) in [5.41, 5.74) is 0.994. The van der Waals surface area contributed by atoms with Crippen molar-refractivity contribution in [2.45, 2.75) is 20.3 Å². The summed E-state index contributed by atoms with van der Waals surface area (Å²) in [5, 5.41) is 16.8. The predicted molar refractivity (Wildman–Crippen MR) is 115 cm³/mol. The molecule has 0 unspecified atom stereocenters. The number of ether oxygens (including phenoxy) is 1. The van der Waals surface area contributed by atoms with Crippen LogP contribution >= 0.6 is 0 Å². The Kier molecular flexibility index (Phi) is 8.91. The summed E-state index contributed by atoms with van der Waals surface area (Å²) < 4.78 is 5.84. The Labute approximate surface area is 171 Å². The van der Waals surface area contributed by atoms with Gasteiger partial charge in [-0.15, -0.1) is 0 Å². The summed E-state index contributed by atoms with van der Waals surface area (Å²) in [6.07, 6.45) is 0.166. The number of rotatable bonds is 12. The number of nitrogens with zero attached hydrogens (tertiary/aromatic N) is 2. The lowest BCUT2D eigenvalue weighted by atomic mass is 10.2. The van der Waals surface area contributed by atoms with Crippen molar-refractivity contribution >= 4 is 23.0 Å². The molecule has 0 saturated heterocycles. The Hall–Kier alpha value is -3.13. The second kappa shape index (κ2) is 11.7. The van der Waals surface area contributed by atoms with E-state index in [0.717, 1.165) is 19.6 Å². The van der Waals surface area contributed by atoms with E-state index in [1.807, 2.05) is 18.2 Å². The molecule has 2 aromatic rings. The molecule has 0 spiro atoms. The molecule has 0 bridgehead atoms. The third-order valence-electron chi connectivity index (χ3n) is 4.49. The molecule has 2 rings (SSSR count). The van der Waals surface area contributed by atoms with E-state index in [4.69, 9.17) is 4.74 Å². The number of amides is 1. The van der Waals surface area contributed by atoms with Crippen LogP contribution in [0.2, 0.25) is 0 Å². The van der Waals surface area contributed by atoms with Crippen LogP contribution in [0.4, 0.5) is 17.1 Å². The molecule has 0 fully saturated rings. The second-order valence-corrected chi connectivity index (χ2v) is 6.37. The number of para-hydroxylation sites is 4. The fourth-order valence-corrected chi connectivity index (χ4v) is 2.83. The standard InChI is InChI=1S/C21H28N4O4/c1-3-24(4-2)15-16-29-20-12-8-6-10-18(20)23-21(26)13-14-22-17-9-5-7-11-19(17)25(27)28/h5-12,22H,3-4,13-16H2,1-2H3,(H,23,26). The maximum Gasteiger partial charge on any atom is 0.292 e. The van der Waals surface area contributed by atoms with E-state index in [9.17, 15) is 14.9 Å². The van der Waals surface area contributed by atoms with Crippen LogP contribution in [0.25, 0.3) is 0 Å². The van der Waals surface area contributed by atoms with Crippen LogP contribution in [0.5, 0.6) is 5.75 Å². The van der Waals surface area contributed by atoms with Crippen molar-refractivity contribution in [1.82, 2.24) is 4.90 Å². The van der Waals surface area contributed by atoms with Gasteiger partial charge in [0.25, 0.3) is 5.69 Å². The SMILES string of the molecule is CCN(CC)CCOc1ccccc1NC(=O)CCNc1ccccc1[N+](=O)[O-]. The minimum Gasteiger partial charge on any atom is -0.490 e. The average molecular weight is 400 g/mol. The summed E-state index contributed by atoms with van der Waals surface area (Å²) in [6.45, 7) is 7.77. The fraction of sp³-hybridized carbons (Fsp3) is 0.381. The number of carbonyl (C=O) groups excluding carboxylic acids is 1. The first-order chi connectivity index (χ1) is 14.0. The van der Waals surface area contributed by atoms with E-state index in [0.29, 0.717) is 23.7 Å². The highest BCUT2D eigenvalue weighted by molar-refractivity contribution is 5.92. The molecule has 0 saturated carbocycles. The van der Waals surface area contributed by atoms with Gasteiger partial charge in [0.05, 0.1) is 10.6 Å². The first kappa shape index (κ1) is 22.2. The van der Waals surface area contributed by atoms with Gasteiger partial charge in [-0.2, -0.15) is 0 Å². The van der Waals surface area contributed by atoms with Crippen molar-refractivity contribution in [3.05, 3.63) is 58.6 Å². The first-order valence-electron chi connectivity index (χ1n) is 9.76. The molecule has 2 aromatic carbocycles. The lowest BCUT2D eigenvalue weighted by molar-refractivity contribution is -0.384. The molecule has 1 amide bonds. The Morgan fingerprint density at radius 1 is 1.07 bits per heavy atom. The van der Waals surface area contributed by atoms with Crippen molar-refractivity contribution in [3.8, 4) is 5.75 Å². The summed E-state index contributed by atoms with van der Waals surface area (Å²) >= 11 is 0. The monoisotopic (exact) mass is 400 g/mol. The quantitative estimate of drug-likeness (QED) is 0.416. The molecule has 0 heterocycles. The summed E-state index contributed by atoms with van der Waals surface area (Å²) in [4.78, 5) is 25.1. The Morgan fingerprint density at radius 3 is 2.41 bits per heavy atom. The van der Waals surface area contributed by atoms with Gasteiger partial charge in [-0.05, 0) is 31.3 Å². The molecule has 0 aromatic heterocycles. The molecule has 29 heavy (non-hydrogen) atoms. The van der Waals surface area contributed by atoms with Gasteiger partial charge in [0.2, 0.25) is 5.91 Å². The zero-order chi connectivity index (χ0) is 21.1.